The molecule has 0 bridgehead atoms. The van der Waals surface area contributed by atoms with E-state index < -0.39 is 0 Å². The summed E-state index contributed by atoms with van der Waals surface area (Å²) in [4.78, 5) is 0. The van der Waals surface area contributed by atoms with Crippen LogP contribution in [0.1, 0.15) is 17.5 Å². The van der Waals surface area contributed by atoms with Gasteiger partial charge >= 0.3 is 0 Å². The molecule has 5 heteroatoms. The summed E-state index contributed by atoms with van der Waals surface area (Å²) in [6.45, 7) is 0. The Hall–Kier alpha value is -1.78. The molecule has 1 unspecified atom stereocenters. The smallest absolute Gasteiger partial charge is 0.193 e. The molecule has 0 radical (unpaired) electrons. The van der Waals surface area contributed by atoms with E-state index in [4.69, 9.17) is 21.8 Å². The maximum Gasteiger partial charge on any atom is 0.193 e. The SMILES string of the molecule is Cn1nc(CC(N)c2ccc(Cl)o2)c2ccccc21. The highest BCUT2D eigenvalue weighted by Crippen LogP contribution is 2.24. The molecule has 0 aliphatic carbocycles. The lowest BCUT2D eigenvalue weighted by Gasteiger charge is -2.06. The first-order chi connectivity index (χ1) is 9.15. The Morgan fingerprint density at radius 1 is 1.32 bits per heavy atom. The molecule has 3 rings (SSSR count). The number of nitrogens with two attached hydrogens (primary N) is 1. The summed E-state index contributed by atoms with van der Waals surface area (Å²) in [7, 11) is 1.93. The van der Waals surface area contributed by atoms with Gasteiger partial charge < -0.3 is 10.2 Å². The molecule has 0 spiro atoms. The minimum absolute atomic E-state index is 0.245. The Morgan fingerprint density at radius 3 is 2.84 bits per heavy atom. The molecule has 19 heavy (non-hydrogen) atoms. The molecule has 0 saturated heterocycles. The molecule has 3 aromatic rings. The number of hydrogen-bond acceptors (Lipinski definition) is 3. The van der Waals surface area contributed by atoms with Crippen molar-refractivity contribution in [3.05, 3.63) is 53.1 Å². The van der Waals surface area contributed by atoms with E-state index in [1.807, 2.05) is 29.9 Å². The van der Waals surface area contributed by atoms with Crippen molar-refractivity contribution in [2.75, 3.05) is 0 Å². The quantitative estimate of drug-likeness (QED) is 0.799. The summed E-state index contributed by atoms with van der Waals surface area (Å²) in [5.41, 5.74) is 8.21. The summed E-state index contributed by atoms with van der Waals surface area (Å²) in [6, 6.07) is 11.4. The summed E-state index contributed by atoms with van der Waals surface area (Å²) in [6.07, 6.45) is 0.616. The van der Waals surface area contributed by atoms with Crippen LogP contribution in [-0.2, 0) is 13.5 Å². The zero-order chi connectivity index (χ0) is 13.4. The summed E-state index contributed by atoms with van der Waals surface area (Å²) in [5.74, 6) is 0.680. The highest BCUT2D eigenvalue weighted by atomic mass is 35.5. The van der Waals surface area contributed by atoms with Gasteiger partial charge in [0.05, 0.1) is 17.3 Å². The molecule has 98 valence electrons. The van der Waals surface area contributed by atoms with Crippen molar-refractivity contribution in [2.24, 2.45) is 12.8 Å². The molecule has 0 saturated carbocycles. The van der Waals surface area contributed by atoms with Gasteiger partial charge in [0, 0.05) is 18.9 Å². The maximum atomic E-state index is 6.14. The Labute approximate surface area is 115 Å². The van der Waals surface area contributed by atoms with E-state index in [2.05, 4.69) is 11.2 Å². The van der Waals surface area contributed by atoms with Gasteiger partial charge in [-0.3, -0.25) is 4.68 Å². The predicted molar refractivity (Wildman–Crippen MR) is 75.1 cm³/mol. The number of hydrogen-bond donors (Lipinski definition) is 1. The van der Waals surface area contributed by atoms with Gasteiger partial charge in [-0.1, -0.05) is 18.2 Å². The van der Waals surface area contributed by atoms with Gasteiger partial charge in [-0.15, -0.1) is 0 Å². The number of fused-ring (bicyclic) bond motifs is 1. The molecular weight excluding hydrogens is 262 g/mol. The molecule has 1 atom stereocenters. The van der Waals surface area contributed by atoms with E-state index >= 15 is 0 Å². The van der Waals surface area contributed by atoms with Crippen LogP contribution in [0.2, 0.25) is 5.22 Å². The first kappa shape index (κ1) is 12.3. The number of rotatable bonds is 3. The number of aromatic nitrogens is 2. The summed E-state index contributed by atoms with van der Waals surface area (Å²) >= 11 is 5.76. The fourth-order valence-electron chi connectivity index (χ4n) is 2.28. The first-order valence-corrected chi connectivity index (χ1v) is 6.44. The van der Waals surface area contributed by atoms with E-state index in [1.165, 1.54) is 0 Å². The lowest BCUT2D eigenvalue weighted by atomic mass is 10.1. The number of aryl methyl sites for hydroxylation is 1. The highest BCUT2D eigenvalue weighted by molar-refractivity contribution is 6.28. The zero-order valence-electron chi connectivity index (χ0n) is 10.5. The van der Waals surface area contributed by atoms with E-state index in [9.17, 15) is 0 Å². The maximum absolute atomic E-state index is 6.14. The van der Waals surface area contributed by atoms with Crippen LogP contribution in [-0.4, -0.2) is 9.78 Å². The third-order valence-electron chi connectivity index (χ3n) is 3.21. The second kappa shape index (κ2) is 4.72. The minimum atomic E-state index is -0.245. The van der Waals surface area contributed by atoms with Crippen LogP contribution >= 0.6 is 11.6 Å². The second-order valence-electron chi connectivity index (χ2n) is 4.54. The fourth-order valence-corrected chi connectivity index (χ4v) is 2.43. The van der Waals surface area contributed by atoms with Crippen LogP contribution in [0.3, 0.4) is 0 Å². The first-order valence-electron chi connectivity index (χ1n) is 6.06. The van der Waals surface area contributed by atoms with Crippen molar-refractivity contribution >= 4 is 22.5 Å². The van der Waals surface area contributed by atoms with Gasteiger partial charge in [0.1, 0.15) is 5.76 Å². The topological polar surface area (TPSA) is 57.0 Å². The Morgan fingerprint density at radius 2 is 2.11 bits per heavy atom. The minimum Gasteiger partial charge on any atom is -0.448 e. The van der Waals surface area contributed by atoms with E-state index in [-0.39, 0.29) is 6.04 Å². The van der Waals surface area contributed by atoms with Crippen LogP contribution < -0.4 is 5.73 Å². The van der Waals surface area contributed by atoms with Gasteiger partial charge in [-0.25, -0.2) is 0 Å². The van der Waals surface area contributed by atoms with Crippen LogP contribution in [0.25, 0.3) is 10.9 Å². The molecule has 2 aromatic heterocycles. The molecule has 0 fully saturated rings. The van der Waals surface area contributed by atoms with Gasteiger partial charge in [0.2, 0.25) is 0 Å². The highest BCUT2D eigenvalue weighted by Gasteiger charge is 2.16. The van der Waals surface area contributed by atoms with Crippen molar-refractivity contribution in [1.82, 2.24) is 9.78 Å². The van der Waals surface area contributed by atoms with E-state index in [0.29, 0.717) is 17.4 Å². The van der Waals surface area contributed by atoms with Crippen LogP contribution in [0, 0.1) is 0 Å². The van der Waals surface area contributed by atoms with E-state index in [0.717, 1.165) is 16.6 Å². The van der Waals surface area contributed by atoms with Crippen molar-refractivity contribution in [1.29, 1.82) is 0 Å². The summed E-state index contributed by atoms with van der Waals surface area (Å²) < 4.78 is 7.21. The molecule has 4 nitrogen and oxygen atoms in total. The van der Waals surface area contributed by atoms with Crippen molar-refractivity contribution in [3.63, 3.8) is 0 Å². The number of nitrogens with zero attached hydrogens (tertiary/aromatic N) is 2. The van der Waals surface area contributed by atoms with E-state index in [1.54, 1.807) is 12.1 Å². The molecule has 1 aromatic carbocycles. The number of para-hydroxylation sites is 1. The Kier molecular flexibility index (Phi) is 3.05. The lowest BCUT2D eigenvalue weighted by molar-refractivity contribution is 0.464. The van der Waals surface area contributed by atoms with Crippen LogP contribution in [0.15, 0.2) is 40.8 Å². The van der Waals surface area contributed by atoms with Gasteiger partial charge in [-0.05, 0) is 29.8 Å². The number of halogens is 1. The standard InChI is InChI=1S/C14H14ClN3O/c1-18-12-5-3-2-4-9(12)11(17-18)8-10(16)13-6-7-14(15)19-13/h2-7,10H,8,16H2,1H3. The van der Waals surface area contributed by atoms with Crippen molar-refractivity contribution < 1.29 is 4.42 Å². The van der Waals surface area contributed by atoms with Crippen LogP contribution in [0.4, 0.5) is 0 Å². The Balaban J connectivity index is 1.93. The largest absolute Gasteiger partial charge is 0.448 e. The van der Waals surface area contributed by atoms with Gasteiger partial charge in [-0.2, -0.15) is 5.10 Å². The third-order valence-corrected chi connectivity index (χ3v) is 3.41. The average molecular weight is 276 g/mol. The summed E-state index contributed by atoms with van der Waals surface area (Å²) in [5, 5.41) is 6.01. The molecule has 2 heterocycles. The van der Waals surface area contributed by atoms with Gasteiger partial charge in [0.15, 0.2) is 5.22 Å². The van der Waals surface area contributed by atoms with Gasteiger partial charge in [0.25, 0.3) is 0 Å². The van der Waals surface area contributed by atoms with Crippen molar-refractivity contribution in [2.45, 2.75) is 12.5 Å². The third kappa shape index (κ3) is 2.25. The molecule has 0 aliphatic heterocycles. The molecule has 0 amide bonds. The monoisotopic (exact) mass is 275 g/mol. The average Bonchev–Trinajstić information content (AvgIpc) is 2.96. The van der Waals surface area contributed by atoms with Crippen molar-refractivity contribution in [3.8, 4) is 0 Å². The lowest BCUT2D eigenvalue weighted by Crippen LogP contribution is -2.13. The second-order valence-corrected chi connectivity index (χ2v) is 4.91. The molecule has 2 N–H and O–H groups in total. The molecule has 0 aliphatic rings. The van der Waals surface area contributed by atoms with Crippen LogP contribution in [0.5, 0.6) is 0 Å². The number of furan rings is 1. The predicted octanol–water partition coefficient (Wildman–Crippen LogP) is 3.06. The zero-order valence-corrected chi connectivity index (χ0v) is 11.3. The Bertz CT molecular complexity index is 716. The fraction of sp³-hybridized carbons (Fsp3) is 0.214. The molecular formula is C14H14ClN3O. The normalized spacial score (nSPS) is 13.0. The number of benzene rings is 1.